The largest absolute Gasteiger partial charge is 0.299 e. The number of fused-ring (bicyclic) bond motifs is 1. The third-order valence-corrected chi connectivity index (χ3v) is 5.68. The van der Waals surface area contributed by atoms with Crippen molar-refractivity contribution in [1.29, 1.82) is 0 Å². The van der Waals surface area contributed by atoms with Crippen molar-refractivity contribution in [3.05, 3.63) is 12.2 Å². The third kappa shape index (κ3) is 1.33. The standard InChI is InChI=1S/C15H24O/c1-5-11(2)14(3)10-8-12-13(16)7-6-9-15(12,14)4/h12H,2,5-10H2,1,3-4H3/t12-,14+,15-/m0/s1. The molecule has 2 aliphatic rings. The Morgan fingerprint density at radius 1 is 1.44 bits per heavy atom. The SMILES string of the molecule is C=C(CC)[C@@]1(C)CC[C@H]2C(=O)CCC[C@@]21C. The van der Waals surface area contributed by atoms with Gasteiger partial charge in [0.1, 0.15) is 5.78 Å². The molecule has 0 bridgehead atoms. The number of hydrogen-bond acceptors (Lipinski definition) is 1. The molecule has 3 atom stereocenters. The van der Waals surface area contributed by atoms with Crippen molar-refractivity contribution in [1.82, 2.24) is 0 Å². The van der Waals surface area contributed by atoms with Crippen LogP contribution in [-0.2, 0) is 4.79 Å². The fourth-order valence-corrected chi connectivity index (χ4v) is 4.16. The van der Waals surface area contributed by atoms with Gasteiger partial charge in [-0.05, 0) is 42.9 Å². The minimum absolute atomic E-state index is 0.190. The summed E-state index contributed by atoms with van der Waals surface area (Å²) in [6.07, 6.45) is 6.40. The number of ketones is 1. The van der Waals surface area contributed by atoms with E-state index in [4.69, 9.17) is 0 Å². The van der Waals surface area contributed by atoms with Crippen molar-refractivity contribution < 1.29 is 4.79 Å². The molecule has 2 saturated carbocycles. The Bertz CT molecular complexity index is 330. The fourth-order valence-electron chi connectivity index (χ4n) is 4.16. The zero-order valence-electron chi connectivity index (χ0n) is 10.9. The second-order valence-electron chi connectivity index (χ2n) is 6.12. The van der Waals surface area contributed by atoms with E-state index in [0.29, 0.717) is 11.7 Å². The van der Waals surface area contributed by atoms with Gasteiger partial charge < -0.3 is 0 Å². The van der Waals surface area contributed by atoms with E-state index in [1.54, 1.807) is 0 Å². The van der Waals surface area contributed by atoms with Crippen LogP contribution in [0.1, 0.15) is 59.3 Å². The van der Waals surface area contributed by atoms with Crippen LogP contribution < -0.4 is 0 Å². The van der Waals surface area contributed by atoms with Gasteiger partial charge in [-0.2, -0.15) is 0 Å². The van der Waals surface area contributed by atoms with E-state index in [-0.39, 0.29) is 10.8 Å². The van der Waals surface area contributed by atoms with E-state index in [0.717, 1.165) is 32.1 Å². The highest BCUT2D eigenvalue weighted by molar-refractivity contribution is 5.83. The number of rotatable bonds is 2. The van der Waals surface area contributed by atoms with E-state index in [1.807, 2.05) is 0 Å². The van der Waals surface area contributed by atoms with Crippen molar-refractivity contribution >= 4 is 5.78 Å². The van der Waals surface area contributed by atoms with Crippen molar-refractivity contribution in [3.8, 4) is 0 Å². The average molecular weight is 220 g/mol. The van der Waals surface area contributed by atoms with Gasteiger partial charge in [0.05, 0.1) is 0 Å². The quantitative estimate of drug-likeness (QED) is 0.639. The molecule has 0 saturated heterocycles. The van der Waals surface area contributed by atoms with Gasteiger partial charge >= 0.3 is 0 Å². The molecule has 0 amide bonds. The predicted molar refractivity (Wildman–Crippen MR) is 67.2 cm³/mol. The van der Waals surface area contributed by atoms with Crippen molar-refractivity contribution in [2.75, 3.05) is 0 Å². The molecule has 0 N–H and O–H groups in total. The second kappa shape index (κ2) is 3.72. The minimum atomic E-state index is 0.190. The Kier molecular flexibility index (Phi) is 2.76. The summed E-state index contributed by atoms with van der Waals surface area (Å²) in [6.45, 7) is 11.1. The fraction of sp³-hybridized carbons (Fsp3) is 0.800. The van der Waals surface area contributed by atoms with Crippen molar-refractivity contribution in [2.24, 2.45) is 16.7 Å². The molecule has 1 nitrogen and oxygen atoms in total. The maximum atomic E-state index is 12.0. The maximum Gasteiger partial charge on any atom is 0.136 e. The van der Waals surface area contributed by atoms with Gasteiger partial charge in [0.15, 0.2) is 0 Å². The number of carbonyl (C=O) groups is 1. The molecule has 0 unspecified atom stereocenters. The summed E-state index contributed by atoms with van der Waals surface area (Å²) in [4.78, 5) is 12.0. The summed E-state index contributed by atoms with van der Waals surface area (Å²) in [5.41, 5.74) is 1.74. The summed E-state index contributed by atoms with van der Waals surface area (Å²) in [6, 6.07) is 0. The molecule has 2 aliphatic carbocycles. The lowest BCUT2D eigenvalue weighted by atomic mass is 9.56. The van der Waals surface area contributed by atoms with E-state index in [2.05, 4.69) is 27.4 Å². The molecule has 0 spiro atoms. The highest BCUT2D eigenvalue weighted by Gasteiger charge is 2.58. The molecule has 0 aromatic heterocycles. The summed E-state index contributed by atoms with van der Waals surface area (Å²) in [7, 11) is 0. The first-order valence-electron chi connectivity index (χ1n) is 6.66. The van der Waals surface area contributed by atoms with Gasteiger partial charge in [-0.1, -0.05) is 32.9 Å². The topological polar surface area (TPSA) is 17.1 Å². The second-order valence-corrected chi connectivity index (χ2v) is 6.12. The normalized spacial score (nSPS) is 43.2. The van der Waals surface area contributed by atoms with E-state index in [9.17, 15) is 4.79 Å². The smallest absolute Gasteiger partial charge is 0.136 e. The van der Waals surface area contributed by atoms with Crippen LogP contribution in [0.25, 0.3) is 0 Å². The number of hydrogen-bond donors (Lipinski definition) is 0. The molecular weight excluding hydrogens is 196 g/mol. The highest BCUT2D eigenvalue weighted by Crippen LogP contribution is 2.64. The van der Waals surface area contributed by atoms with Crippen LogP contribution in [0.2, 0.25) is 0 Å². The Morgan fingerprint density at radius 2 is 2.12 bits per heavy atom. The van der Waals surface area contributed by atoms with Crippen molar-refractivity contribution in [3.63, 3.8) is 0 Å². The van der Waals surface area contributed by atoms with E-state index >= 15 is 0 Å². The molecular formula is C15H24O. The minimum Gasteiger partial charge on any atom is -0.299 e. The first-order chi connectivity index (χ1) is 7.45. The van der Waals surface area contributed by atoms with Crippen molar-refractivity contribution in [2.45, 2.75) is 59.3 Å². The summed E-state index contributed by atoms with van der Waals surface area (Å²) in [5.74, 6) is 0.830. The molecule has 90 valence electrons. The first kappa shape index (κ1) is 11.9. The zero-order valence-corrected chi connectivity index (χ0v) is 10.9. The predicted octanol–water partition coefficient (Wildman–Crippen LogP) is 4.13. The number of allylic oxidation sites excluding steroid dienone is 1. The molecule has 2 rings (SSSR count). The highest BCUT2D eigenvalue weighted by atomic mass is 16.1. The van der Waals surface area contributed by atoms with E-state index in [1.165, 1.54) is 12.0 Å². The van der Waals surface area contributed by atoms with Crippen LogP contribution in [0.4, 0.5) is 0 Å². The van der Waals surface area contributed by atoms with Crippen LogP contribution in [0, 0.1) is 16.7 Å². The van der Waals surface area contributed by atoms with Gasteiger partial charge in [0, 0.05) is 12.3 Å². The molecule has 16 heavy (non-hydrogen) atoms. The molecule has 0 aliphatic heterocycles. The van der Waals surface area contributed by atoms with Crippen LogP contribution in [-0.4, -0.2) is 5.78 Å². The van der Waals surface area contributed by atoms with Crippen LogP contribution >= 0.6 is 0 Å². The Labute approximate surface area is 99.3 Å². The third-order valence-electron chi connectivity index (χ3n) is 5.68. The van der Waals surface area contributed by atoms with Crippen LogP contribution in [0.5, 0.6) is 0 Å². The molecule has 2 fully saturated rings. The molecule has 1 heteroatoms. The zero-order chi connectivity index (χ0) is 12.0. The number of carbonyl (C=O) groups excluding carboxylic acids is 1. The Balaban J connectivity index is 2.38. The summed E-state index contributed by atoms with van der Waals surface area (Å²) >= 11 is 0. The first-order valence-corrected chi connectivity index (χ1v) is 6.66. The lowest BCUT2D eigenvalue weighted by Crippen LogP contribution is -2.43. The van der Waals surface area contributed by atoms with Gasteiger partial charge in [0.2, 0.25) is 0 Å². The summed E-state index contributed by atoms with van der Waals surface area (Å²) in [5, 5.41) is 0. The molecule has 0 aromatic rings. The molecule has 0 radical (unpaired) electrons. The average Bonchev–Trinajstić information content (AvgIpc) is 2.53. The van der Waals surface area contributed by atoms with Gasteiger partial charge in [0.25, 0.3) is 0 Å². The maximum absolute atomic E-state index is 12.0. The monoisotopic (exact) mass is 220 g/mol. The van der Waals surface area contributed by atoms with Gasteiger partial charge in [-0.15, -0.1) is 0 Å². The molecule has 0 heterocycles. The van der Waals surface area contributed by atoms with Crippen LogP contribution in [0.15, 0.2) is 12.2 Å². The van der Waals surface area contributed by atoms with Gasteiger partial charge in [-0.25, -0.2) is 0 Å². The Hall–Kier alpha value is -0.590. The van der Waals surface area contributed by atoms with Crippen LogP contribution in [0.3, 0.4) is 0 Å². The summed E-state index contributed by atoms with van der Waals surface area (Å²) < 4.78 is 0. The molecule has 0 aromatic carbocycles. The van der Waals surface area contributed by atoms with E-state index < -0.39 is 0 Å². The lowest BCUT2D eigenvalue weighted by Gasteiger charge is -2.47. The number of Topliss-reactive ketones (excluding diaryl/α,β-unsaturated/α-hetero) is 1. The Morgan fingerprint density at radius 3 is 2.75 bits per heavy atom. The lowest BCUT2D eigenvalue weighted by molar-refractivity contribution is -0.130. The van der Waals surface area contributed by atoms with Gasteiger partial charge in [-0.3, -0.25) is 4.79 Å².